The van der Waals surface area contributed by atoms with E-state index in [4.69, 9.17) is 11.1 Å². The van der Waals surface area contributed by atoms with Crippen LogP contribution >= 0.6 is 0 Å². The molecule has 0 saturated carbocycles. The summed E-state index contributed by atoms with van der Waals surface area (Å²) in [6.45, 7) is 2.32. The number of nitrogens with two attached hydrogens (primary N) is 1. The average Bonchev–Trinajstić information content (AvgIpc) is 2.38. The van der Waals surface area contributed by atoms with E-state index >= 15 is 0 Å². The first kappa shape index (κ1) is 12.9. The topological polar surface area (TPSA) is 56.4 Å². The third kappa shape index (κ3) is 2.82. The van der Waals surface area contributed by atoms with Crippen LogP contribution in [0.4, 0.5) is 5.69 Å². The molecular weight excluding hydrogens is 224 g/mol. The van der Waals surface area contributed by atoms with E-state index in [9.17, 15) is 0 Å². The van der Waals surface area contributed by atoms with Crippen molar-refractivity contribution in [2.24, 2.45) is 5.73 Å². The lowest BCUT2D eigenvalue weighted by Crippen LogP contribution is -2.45. The fourth-order valence-corrected chi connectivity index (χ4v) is 2.54. The summed E-state index contributed by atoms with van der Waals surface area (Å²) in [5.74, 6) is 0.126. The second-order valence-electron chi connectivity index (χ2n) is 5.13. The van der Waals surface area contributed by atoms with Gasteiger partial charge in [0.05, 0.1) is 0 Å². The van der Waals surface area contributed by atoms with Gasteiger partial charge in [-0.1, -0.05) is 0 Å². The van der Waals surface area contributed by atoms with Crippen LogP contribution in [0.25, 0.3) is 0 Å². The van der Waals surface area contributed by atoms with Crippen molar-refractivity contribution in [1.82, 2.24) is 4.90 Å². The Hall–Kier alpha value is -1.55. The highest BCUT2D eigenvalue weighted by Crippen LogP contribution is 2.21. The van der Waals surface area contributed by atoms with Crippen LogP contribution in [0.5, 0.6) is 0 Å². The van der Waals surface area contributed by atoms with Crippen molar-refractivity contribution in [3.63, 3.8) is 0 Å². The zero-order chi connectivity index (χ0) is 13.1. The van der Waals surface area contributed by atoms with Crippen molar-refractivity contribution in [2.75, 3.05) is 32.1 Å². The van der Waals surface area contributed by atoms with Gasteiger partial charge in [0.2, 0.25) is 0 Å². The standard InChI is InChI=1S/C14H22N4/c1-17-9-3-4-13(10-17)18(2)12-7-5-11(6-8-12)14(15)16/h5-8,13H,3-4,9-10H2,1-2H3,(H3,15,16). The lowest BCUT2D eigenvalue weighted by Gasteiger charge is -2.37. The molecule has 1 aliphatic heterocycles. The molecule has 0 bridgehead atoms. The summed E-state index contributed by atoms with van der Waals surface area (Å²) in [7, 11) is 4.32. The molecule has 4 heteroatoms. The highest BCUT2D eigenvalue weighted by atomic mass is 15.2. The first-order chi connectivity index (χ1) is 8.58. The summed E-state index contributed by atoms with van der Waals surface area (Å²) >= 11 is 0. The third-order valence-electron chi connectivity index (χ3n) is 3.73. The molecule has 0 amide bonds. The van der Waals surface area contributed by atoms with Gasteiger partial charge in [-0.15, -0.1) is 0 Å². The third-order valence-corrected chi connectivity index (χ3v) is 3.73. The molecule has 0 spiro atoms. The van der Waals surface area contributed by atoms with Gasteiger partial charge in [0, 0.05) is 30.9 Å². The Kier molecular flexibility index (Phi) is 3.87. The van der Waals surface area contributed by atoms with Crippen LogP contribution in [-0.4, -0.2) is 44.0 Å². The quantitative estimate of drug-likeness (QED) is 0.628. The number of piperidine rings is 1. The Morgan fingerprint density at radius 3 is 2.61 bits per heavy atom. The SMILES string of the molecule is CN1CCCC(N(C)c2ccc(C(=N)N)cc2)C1. The molecule has 18 heavy (non-hydrogen) atoms. The maximum atomic E-state index is 7.39. The first-order valence-corrected chi connectivity index (χ1v) is 6.44. The first-order valence-electron chi connectivity index (χ1n) is 6.44. The van der Waals surface area contributed by atoms with E-state index in [1.807, 2.05) is 24.3 Å². The summed E-state index contributed by atoms with van der Waals surface area (Å²) in [6.07, 6.45) is 2.51. The Balaban J connectivity index is 2.08. The van der Waals surface area contributed by atoms with Gasteiger partial charge in [-0.05, 0) is 50.7 Å². The molecule has 1 fully saturated rings. The van der Waals surface area contributed by atoms with Gasteiger partial charge in [-0.2, -0.15) is 0 Å². The van der Waals surface area contributed by atoms with Gasteiger partial charge in [-0.25, -0.2) is 0 Å². The van der Waals surface area contributed by atoms with E-state index in [1.165, 1.54) is 25.1 Å². The molecule has 2 rings (SSSR count). The van der Waals surface area contributed by atoms with Crippen LogP contribution in [0.3, 0.4) is 0 Å². The minimum absolute atomic E-state index is 0.126. The van der Waals surface area contributed by atoms with Crippen molar-refractivity contribution >= 4 is 11.5 Å². The van der Waals surface area contributed by atoms with Gasteiger partial charge in [0.15, 0.2) is 0 Å². The molecule has 4 nitrogen and oxygen atoms in total. The molecular formula is C14H22N4. The van der Waals surface area contributed by atoms with Gasteiger partial charge < -0.3 is 15.5 Å². The van der Waals surface area contributed by atoms with E-state index in [0.717, 1.165) is 12.1 Å². The number of benzene rings is 1. The summed E-state index contributed by atoms with van der Waals surface area (Å²) < 4.78 is 0. The smallest absolute Gasteiger partial charge is 0.122 e. The van der Waals surface area contributed by atoms with E-state index in [0.29, 0.717) is 6.04 Å². The lowest BCUT2D eigenvalue weighted by atomic mass is 10.0. The molecule has 1 heterocycles. The monoisotopic (exact) mass is 246 g/mol. The molecule has 1 aliphatic rings. The lowest BCUT2D eigenvalue weighted by molar-refractivity contribution is 0.248. The fraction of sp³-hybridized carbons (Fsp3) is 0.500. The molecule has 1 aromatic rings. The fourth-order valence-electron chi connectivity index (χ4n) is 2.54. The van der Waals surface area contributed by atoms with Crippen LogP contribution in [-0.2, 0) is 0 Å². The molecule has 1 saturated heterocycles. The second kappa shape index (κ2) is 5.40. The predicted molar refractivity (Wildman–Crippen MR) is 76.4 cm³/mol. The Labute approximate surface area is 109 Å². The predicted octanol–water partition coefficient (Wildman–Crippen LogP) is 1.50. The maximum absolute atomic E-state index is 7.39. The number of nitrogen functional groups attached to an aromatic ring is 1. The van der Waals surface area contributed by atoms with Crippen LogP contribution < -0.4 is 10.6 Å². The van der Waals surface area contributed by atoms with Crippen LogP contribution in [0.15, 0.2) is 24.3 Å². The number of amidine groups is 1. The molecule has 98 valence electrons. The molecule has 1 unspecified atom stereocenters. The van der Waals surface area contributed by atoms with Crippen LogP contribution in [0, 0.1) is 5.41 Å². The second-order valence-corrected chi connectivity index (χ2v) is 5.13. The zero-order valence-electron chi connectivity index (χ0n) is 11.2. The molecule has 1 atom stereocenters. The van der Waals surface area contributed by atoms with Crippen molar-refractivity contribution in [2.45, 2.75) is 18.9 Å². The molecule has 0 aromatic heterocycles. The Morgan fingerprint density at radius 1 is 1.39 bits per heavy atom. The number of likely N-dealkylation sites (N-methyl/N-ethyl adjacent to an activating group) is 2. The Bertz CT molecular complexity index is 412. The summed E-state index contributed by atoms with van der Waals surface area (Å²) in [5, 5.41) is 7.39. The van der Waals surface area contributed by atoms with E-state index in [2.05, 4.69) is 23.9 Å². The largest absolute Gasteiger partial charge is 0.384 e. The van der Waals surface area contributed by atoms with E-state index in [1.54, 1.807) is 0 Å². The van der Waals surface area contributed by atoms with Crippen LogP contribution in [0.2, 0.25) is 0 Å². The highest BCUT2D eigenvalue weighted by Gasteiger charge is 2.21. The molecule has 0 radical (unpaired) electrons. The van der Waals surface area contributed by atoms with E-state index < -0.39 is 0 Å². The van der Waals surface area contributed by atoms with Crippen molar-refractivity contribution in [3.05, 3.63) is 29.8 Å². The average molecular weight is 246 g/mol. The number of nitrogens with zero attached hydrogens (tertiary/aromatic N) is 2. The highest BCUT2D eigenvalue weighted by molar-refractivity contribution is 5.95. The molecule has 3 N–H and O–H groups in total. The number of anilines is 1. The van der Waals surface area contributed by atoms with Crippen molar-refractivity contribution in [3.8, 4) is 0 Å². The Morgan fingerprint density at radius 2 is 2.06 bits per heavy atom. The number of likely N-dealkylation sites (tertiary alicyclic amines) is 1. The van der Waals surface area contributed by atoms with Crippen molar-refractivity contribution in [1.29, 1.82) is 5.41 Å². The van der Waals surface area contributed by atoms with E-state index in [-0.39, 0.29) is 5.84 Å². The zero-order valence-corrected chi connectivity index (χ0v) is 11.2. The van der Waals surface area contributed by atoms with Gasteiger partial charge in [-0.3, -0.25) is 5.41 Å². The van der Waals surface area contributed by atoms with Gasteiger partial charge in [0.25, 0.3) is 0 Å². The van der Waals surface area contributed by atoms with Gasteiger partial charge in [0.1, 0.15) is 5.84 Å². The number of hydrogen-bond donors (Lipinski definition) is 2. The maximum Gasteiger partial charge on any atom is 0.122 e. The summed E-state index contributed by atoms with van der Waals surface area (Å²) in [6, 6.07) is 8.50. The normalized spacial score (nSPS) is 20.7. The molecule has 1 aromatic carbocycles. The van der Waals surface area contributed by atoms with Crippen LogP contribution in [0.1, 0.15) is 18.4 Å². The number of hydrogen-bond acceptors (Lipinski definition) is 3. The minimum Gasteiger partial charge on any atom is -0.384 e. The summed E-state index contributed by atoms with van der Waals surface area (Å²) in [4.78, 5) is 4.72. The van der Waals surface area contributed by atoms with Crippen molar-refractivity contribution < 1.29 is 0 Å². The molecule has 0 aliphatic carbocycles. The minimum atomic E-state index is 0.126. The number of rotatable bonds is 3. The summed E-state index contributed by atoms with van der Waals surface area (Å²) in [5.41, 5.74) is 7.44. The van der Waals surface area contributed by atoms with Gasteiger partial charge >= 0.3 is 0 Å². The number of nitrogens with one attached hydrogen (secondary N) is 1.